The molecule has 0 saturated carbocycles. The highest BCUT2D eigenvalue weighted by molar-refractivity contribution is 5.35. The third-order valence-electron chi connectivity index (χ3n) is 3.91. The third kappa shape index (κ3) is 5.65. The Bertz CT molecular complexity index is 430. The van der Waals surface area contributed by atoms with E-state index < -0.39 is 6.10 Å². The quantitative estimate of drug-likeness (QED) is 0.720. The molecule has 4 nitrogen and oxygen atoms in total. The van der Waals surface area contributed by atoms with Gasteiger partial charge in [0.15, 0.2) is 0 Å². The van der Waals surface area contributed by atoms with E-state index in [0.717, 1.165) is 37.5 Å². The number of rotatable bonds is 8. The number of aliphatic hydroxyl groups excluding tert-OH is 1. The lowest BCUT2D eigenvalue weighted by atomic mass is 10.1. The fourth-order valence-electron chi connectivity index (χ4n) is 2.49. The standard InChI is InChI=1S/C17H27NO3/c1-13-3-4-14(2)17(9-13)21-12-16(19)10-18-7-5-15-6-8-20-11-15/h3-4,9,15-16,18-19H,5-8,10-12H2,1-2H3. The molecular formula is C17H27NO3. The highest BCUT2D eigenvalue weighted by Crippen LogP contribution is 2.19. The van der Waals surface area contributed by atoms with Gasteiger partial charge >= 0.3 is 0 Å². The minimum atomic E-state index is -0.482. The summed E-state index contributed by atoms with van der Waals surface area (Å²) in [5, 5.41) is 13.2. The fraction of sp³-hybridized carbons (Fsp3) is 0.647. The van der Waals surface area contributed by atoms with E-state index in [0.29, 0.717) is 19.1 Å². The first-order valence-electron chi connectivity index (χ1n) is 7.81. The van der Waals surface area contributed by atoms with Crippen molar-refractivity contribution in [1.82, 2.24) is 5.32 Å². The molecule has 4 heteroatoms. The molecular weight excluding hydrogens is 266 g/mol. The minimum absolute atomic E-state index is 0.323. The van der Waals surface area contributed by atoms with Crippen LogP contribution in [0.2, 0.25) is 0 Å². The summed E-state index contributed by atoms with van der Waals surface area (Å²) < 4.78 is 11.0. The molecule has 1 aromatic rings. The van der Waals surface area contributed by atoms with Gasteiger partial charge < -0.3 is 19.9 Å². The van der Waals surface area contributed by atoms with Crippen LogP contribution >= 0.6 is 0 Å². The second-order valence-corrected chi connectivity index (χ2v) is 5.96. The van der Waals surface area contributed by atoms with Gasteiger partial charge in [0.05, 0.1) is 0 Å². The molecule has 0 aromatic heterocycles. The van der Waals surface area contributed by atoms with E-state index in [1.807, 2.05) is 26.0 Å². The zero-order valence-electron chi connectivity index (χ0n) is 13.1. The van der Waals surface area contributed by atoms with Crippen molar-refractivity contribution in [2.45, 2.75) is 32.8 Å². The maximum atomic E-state index is 9.95. The molecule has 2 unspecified atom stereocenters. The van der Waals surface area contributed by atoms with Crippen LogP contribution in [0.25, 0.3) is 0 Å². The molecule has 0 bridgehead atoms. The number of nitrogens with one attached hydrogen (secondary N) is 1. The molecule has 1 heterocycles. The summed E-state index contributed by atoms with van der Waals surface area (Å²) in [7, 11) is 0. The van der Waals surface area contributed by atoms with Crippen LogP contribution in [-0.2, 0) is 4.74 Å². The van der Waals surface area contributed by atoms with Crippen LogP contribution in [0.4, 0.5) is 0 Å². The average Bonchev–Trinajstić information content (AvgIpc) is 2.98. The van der Waals surface area contributed by atoms with Gasteiger partial charge in [-0.15, -0.1) is 0 Å². The smallest absolute Gasteiger partial charge is 0.122 e. The van der Waals surface area contributed by atoms with E-state index in [2.05, 4.69) is 11.4 Å². The molecule has 1 aliphatic rings. The predicted molar refractivity (Wildman–Crippen MR) is 83.8 cm³/mol. The summed E-state index contributed by atoms with van der Waals surface area (Å²) in [6, 6.07) is 6.11. The van der Waals surface area contributed by atoms with Crippen LogP contribution in [0, 0.1) is 19.8 Å². The molecule has 0 radical (unpaired) electrons. The Kier molecular flexibility index (Phi) is 6.49. The normalized spacial score (nSPS) is 19.7. The fourth-order valence-corrected chi connectivity index (χ4v) is 2.49. The van der Waals surface area contributed by atoms with Crippen LogP contribution in [0.15, 0.2) is 18.2 Å². The SMILES string of the molecule is Cc1ccc(C)c(OCC(O)CNCCC2CCOC2)c1. The Balaban J connectivity index is 1.60. The van der Waals surface area contributed by atoms with Crippen molar-refractivity contribution in [3.05, 3.63) is 29.3 Å². The number of aliphatic hydroxyl groups is 1. The van der Waals surface area contributed by atoms with Gasteiger partial charge in [-0.3, -0.25) is 0 Å². The van der Waals surface area contributed by atoms with E-state index >= 15 is 0 Å². The van der Waals surface area contributed by atoms with Crippen molar-refractivity contribution >= 4 is 0 Å². The van der Waals surface area contributed by atoms with Crippen LogP contribution in [0.3, 0.4) is 0 Å². The lowest BCUT2D eigenvalue weighted by molar-refractivity contribution is 0.105. The Morgan fingerprint density at radius 1 is 1.43 bits per heavy atom. The molecule has 0 spiro atoms. The second-order valence-electron chi connectivity index (χ2n) is 5.96. The number of aryl methyl sites for hydroxylation is 2. The van der Waals surface area contributed by atoms with Gasteiger partial charge in [0.1, 0.15) is 18.5 Å². The Morgan fingerprint density at radius 3 is 3.05 bits per heavy atom. The summed E-state index contributed by atoms with van der Waals surface area (Å²) >= 11 is 0. The number of benzene rings is 1. The van der Waals surface area contributed by atoms with Crippen LogP contribution < -0.4 is 10.1 Å². The van der Waals surface area contributed by atoms with E-state index in [1.165, 1.54) is 12.0 Å². The van der Waals surface area contributed by atoms with Crippen LogP contribution in [-0.4, -0.2) is 44.1 Å². The molecule has 2 atom stereocenters. The van der Waals surface area contributed by atoms with E-state index in [9.17, 15) is 5.11 Å². The Hall–Kier alpha value is -1.10. The largest absolute Gasteiger partial charge is 0.491 e. The second kappa shape index (κ2) is 8.37. The van der Waals surface area contributed by atoms with Gasteiger partial charge in [-0.05, 0) is 56.3 Å². The first kappa shape index (κ1) is 16.3. The molecule has 1 aromatic carbocycles. The predicted octanol–water partition coefficient (Wildman–Crippen LogP) is 2.06. The highest BCUT2D eigenvalue weighted by atomic mass is 16.5. The van der Waals surface area contributed by atoms with Crippen molar-refractivity contribution in [3.8, 4) is 5.75 Å². The number of hydrogen-bond acceptors (Lipinski definition) is 4. The van der Waals surface area contributed by atoms with Gasteiger partial charge in [-0.1, -0.05) is 12.1 Å². The van der Waals surface area contributed by atoms with Crippen molar-refractivity contribution in [3.63, 3.8) is 0 Å². The zero-order valence-corrected chi connectivity index (χ0v) is 13.1. The van der Waals surface area contributed by atoms with E-state index in [-0.39, 0.29) is 0 Å². The number of hydrogen-bond donors (Lipinski definition) is 2. The van der Waals surface area contributed by atoms with Crippen molar-refractivity contribution in [2.75, 3.05) is 32.9 Å². The monoisotopic (exact) mass is 293 g/mol. The van der Waals surface area contributed by atoms with Crippen LogP contribution in [0.5, 0.6) is 5.75 Å². The van der Waals surface area contributed by atoms with Crippen LogP contribution in [0.1, 0.15) is 24.0 Å². The number of ether oxygens (including phenoxy) is 2. The van der Waals surface area contributed by atoms with E-state index in [4.69, 9.17) is 9.47 Å². The summed E-state index contributed by atoms with van der Waals surface area (Å²) in [5.74, 6) is 1.54. The van der Waals surface area contributed by atoms with Gasteiger partial charge in [0.25, 0.3) is 0 Å². The van der Waals surface area contributed by atoms with Gasteiger partial charge in [-0.25, -0.2) is 0 Å². The molecule has 2 rings (SSSR count). The first-order chi connectivity index (χ1) is 10.1. The van der Waals surface area contributed by atoms with E-state index in [1.54, 1.807) is 0 Å². The van der Waals surface area contributed by atoms with Crippen molar-refractivity contribution < 1.29 is 14.6 Å². The summed E-state index contributed by atoms with van der Waals surface area (Å²) in [5.41, 5.74) is 2.27. The lowest BCUT2D eigenvalue weighted by Crippen LogP contribution is -2.32. The molecule has 21 heavy (non-hydrogen) atoms. The molecule has 1 aliphatic heterocycles. The lowest BCUT2D eigenvalue weighted by Gasteiger charge is -2.15. The van der Waals surface area contributed by atoms with Gasteiger partial charge in [0.2, 0.25) is 0 Å². The van der Waals surface area contributed by atoms with Gasteiger partial charge in [-0.2, -0.15) is 0 Å². The zero-order chi connectivity index (χ0) is 15.1. The molecule has 2 N–H and O–H groups in total. The minimum Gasteiger partial charge on any atom is -0.491 e. The maximum Gasteiger partial charge on any atom is 0.122 e. The molecule has 1 saturated heterocycles. The topological polar surface area (TPSA) is 50.7 Å². The highest BCUT2D eigenvalue weighted by Gasteiger charge is 2.15. The average molecular weight is 293 g/mol. The first-order valence-corrected chi connectivity index (χ1v) is 7.81. The van der Waals surface area contributed by atoms with Gasteiger partial charge in [0, 0.05) is 19.8 Å². The Morgan fingerprint density at radius 2 is 2.29 bits per heavy atom. The molecule has 118 valence electrons. The maximum absolute atomic E-state index is 9.95. The summed E-state index contributed by atoms with van der Waals surface area (Å²) in [6.45, 7) is 7.66. The summed E-state index contributed by atoms with van der Waals surface area (Å²) in [6.07, 6.45) is 1.80. The third-order valence-corrected chi connectivity index (χ3v) is 3.91. The summed E-state index contributed by atoms with van der Waals surface area (Å²) in [4.78, 5) is 0. The van der Waals surface area contributed by atoms with Crippen molar-refractivity contribution in [2.24, 2.45) is 5.92 Å². The van der Waals surface area contributed by atoms with Crippen molar-refractivity contribution in [1.29, 1.82) is 0 Å². The molecule has 0 amide bonds. The molecule has 1 fully saturated rings. The molecule has 0 aliphatic carbocycles. The Labute approximate surface area is 127 Å².